The van der Waals surface area contributed by atoms with E-state index < -0.39 is 0 Å². The van der Waals surface area contributed by atoms with Crippen molar-refractivity contribution in [3.63, 3.8) is 0 Å². The van der Waals surface area contributed by atoms with Gasteiger partial charge in [0.1, 0.15) is 5.69 Å². The number of nitrogens with zero attached hydrogens (tertiary/aromatic N) is 1. The van der Waals surface area contributed by atoms with E-state index in [0.717, 1.165) is 15.7 Å². The minimum Gasteiger partial charge on any atom is -0.342 e. The van der Waals surface area contributed by atoms with Crippen molar-refractivity contribution in [2.45, 2.75) is 20.4 Å². The normalized spacial score (nSPS) is 10.5. The van der Waals surface area contributed by atoms with Crippen molar-refractivity contribution in [3.8, 4) is 0 Å². The Morgan fingerprint density at radius 3 is 2.79 bits per heavy atom. The lowest BCUT2D eigenvalue weighted by Gasteiger charge is -2.10. The van der Waals surface area contributed by atoms with Gasteiger partial charge in [-0.25, -0.2) is 0 Å². The lowest BCUT2D eigenvalue weighted by Crippen LogP contribution is -2.16. The maximum Gasteiger partial charge on any atom is 0.272 e. The van der Waals surface area contributed by atoms with Gasteiger partial charge in [0.2, 0.25) is 0 Å². The van der Waals surface area contributed by atoms with Crippen LogP contribution in [0.15, 0.2) is 34.9 Å². The van der Waals surface area contributed by atoms with Gasteiger partial charge in [-0.3, -0.25) is 4.79 Å². The molecule has 5 heteroatoms. The first kappa shape index (κ1) is 14.2. The molecule has 0 bridgehead atoms. The zero-order chi connectivity index (χ0) is 14.0. The maximum absolute atomic E-state index is 12.2. The second-order valence-electron chi connectivity index (χ2n) is 4.24. The minimum atomic E-state index is -0.154. The first-order valence-corrected chi connectivity index (χ1v) is 7.11. The first-order valence-electron chi connectivity index (χ1n) is 5.94. The number of carbonyl (C=O) groups is 1. The van der Waals surface area contributed by atoms with E-state index >= 15 is 0 Å². The number of aryl methyl sites for hydroxylation is 2. The molecule has 1 heterocycles. The molecule has 0 aliphatic carbocycles. The van der Waals surface area contributed by atoms with Gasteiger partial charge in [0, 0.05) is 22.9 Å². The molecule has 0 aliphatic heterocycles. The molecule has 1 aromatic carbocycles. The number of anilines is 1. The highest BCUT2D eigenvalue weighted by Gasteiger charge is 2.13. The fourth-order valence-electron chi connectivity index (χ4n) is 1.88. The highest BCUT2D eigenvalue weighted by atomic mass is 79.9. The van der Waals surface area contributed by atoms with E-state index in [1.807, 2.05) is 36.6 Å². The summed E-state index contributed by atoms with van der Waals surface area (Å²) in [5.41, 5.74) is 2.37. The Bertz CT molecular complexity index is 622. The predicted molar refractivity (Wildman–Crippen MR) is 81.9 cm³/mol. The molecule has 0 spiro atoms. The molecule has 2 aromatic rings. The van der Waals surface area contributed by atoms with Crippen LogP contribution >= 0.6 is 27.5 Å². The molecular weight excluding hydrogens is 328 g/mol. The topological polar surface area (TPSA) is 34.0 Å². The Hall–Kier alpha value is -1.26. The maximum atomic E-state index is 12.2. The van der Waals surface area contributed by atoms with Crippen LogP contribution in [0.5, 0.6) is 0 Å². The fourth-order valence-corrected chi connectivity index (χ4v) is 2.58. The van der Waals surface area contributed by atoms with Gasteiger partial charge in [0.05, 0.1) is 5.02 Å². The lowest BCUT2D eigenvalue weighted by atomic mass is 10.2. The number of aromatic nitrogens is 1. The van der Waals surface area contributed by atoms with Crippen LogP contribution in [0.3, 0.4) is 0 Å². The third kappa shape index (κ3) is 3.19. The van der Waals surface area contributed by atoms with E-state index in [-0.39, 0.29) is 5.91 Å². The molecule has 19 heavy (non-hydrogen) atoms. The number of nitrogens with one attached hydrogen (secondary N) is 1. The summed E-state index contributed by atoms with van der Waals surface area (Å²) in [6.45, 7) is 4.62. The molecule has 0 radical (unpaired) electrons. The number of hydrogen-bond acceptors (Lipinski definition) is 1. The van der Waals surface area contributed by atoms with Gasteiger partial charge >= 0.3 is 0 Å². The van der Waals surface area contributed by atoms with Gasteiger partial charge in [-0.15, -0.1) is 0 Å². The third-order valence-corrected chi connectivity index (χ3v) is 3.57. The molecule has 2 rings (SSSR count). The number of halogens is 2. The molecule has 1 aromatic heterocycles. The van der Waals surface area contributed by atoms with Crippen LogP contribution in [0.1, 0.15) is 23.0 Å². The highest BCUT2D eigenvalue weighted by Crippen LogP contribution is 2.21. The van der Waals surface area contributed by atoms with Gasteiger partial charge in [0.25, 0.3) is 5.91 Å². The Labute approximate surface area is 125 Å². The average Bonchev–Trinajstić information content (AvgIpc) is 2.74. The van der Waals surface area contributed by atoms with Gasteiger partial charge in [0.15, 0.2) is 0 Å². The summed E-state index contributed by atoms with van der Waals surface area (Å²) in [6, 6.07) is 7.41. The first-order chi connectivity index (χ1) is 9.01. The number of benzene rings is 1. The molecule has 0 saturated heterocycles. The summed E-state index contributed by atoms with van der Waals surface area (Å²) >= 11 is 9.34. The van der Waals surface area contributed by atoms with Crippen LogP contribution in [0.4, 0.5) is 5.69 Å². The van der Waals surface area contributed by atoms with Crippen LogP contribution in [-0.2, 0) is 6.54 Å². The quantitative estimate of drug-likeness (QED) is 0.877. The van der Waals surface area contributed by atoms with E-state index in [4.69, 9.17) is 11.6 Å². The second kappa shape index (κ2) is 5.80. The van der Waals surface area contributed by atoms with Crippen LogP contribution in [0.2, 0.25) is 5.02 Å². The number of hydrogen-bond donors (Lipinski definition) is 1. The molecule has 1 amide bonds. The van der Waals surface area contributed by atoms with E-state index in [9.17, 15) is 4.79 Å². The van der Waals surface area contributed by atoms with Crippen molar-refractivity contribution >= 4 is 39.1 Å². The Balaban J connectivity index is 2.25. The summed E-state index contributed by atoms with van der Waals surface area (Å²) in [5, 5.41) is 3.47. The van der Waals surface area contributed by atoms with Crippen molar-refractivity contribution in [2.75, 3.05) is 5.32 Å². The third-order valence-electron chi connectivity index (χ3n) is 2.87. The molecule has 0 aliphatic rings. The Morgan fingerprint density at radius 1 is 1.42 bits per heavy atom. The fraction of sp³-hybridized carbons (Fsp3) is 0.214. The van der Waals surface area contributed by atoms with Crippen LogP contribution < -0.4 is 5.32 Å². The SMILES string of the molecule is CCn1cc(Cl)cc1C(=O)Nc1ccc(Br)cc1C. The highest BCUT2D eigenvalue weighted by molar-refractivity contribution is 9.10. The molecule has 1 N–H and O–H groups in total. The van der Waals surface area contributed by atoms with Crippen LogP contribution in [0, 0.1) is 6.92 Å². The predicted octanol–water partition coefficient (Wildman–Crippen LogP) is 4.48. The molecular formula is C14H14BrClN2O. The monoisotopic (exact) mass is 340 g/mol. The standard InChI is InChI=1S/C14H14BrClN2O/c1-3-18-8-11(16)7-13(18)14(19)17-12-5-4-10(15)6-9(12)2/h4-8H,3H2,1-2H3,(H,17,19). The molecule has 100 valence electrons. The van der Waals surface area contributed by atoms with Crippen molar-refractivity contribution in [1.29, 1.82) is 0 Å². The summed E-state index contributed by atoms with van der Waals surface area (Å²) in [5.74, 6) is -0.154. The molecule has 0 saturated carbocycles. The van der Waals surface area contributed by atoms with Crippen LogP contribution in [0.25, 0.3) is 0 Å². The molecule has 0 fully saturated rings. The van der Waals surface area contributed by atoms with E-state index in [0.29, 0.717) is 17.3 Å². The van der Waals surface area contributed by atoms with Crippen molar-refractivity contribution in [2.24, 2.45) is 0 Å². The average molecular weight is 342 g/mol. The second-order valence-corrected chi connectivity index (χ2v) is 5.60. The number of rotatable bonds is 3. The number of carbonyl (C=O) groups excluding carboxylic acids is 1. The largest absolute Gasteiger partial charge is 0.342 e. The van der Waals surface area contributed by atoms with Gasteiger partial charge in [-0.2, -0.15) is 0 Å². The zero-order valence-electron chi connectivity index (χ0n) is 10.7. The Morgan fingerprint density at radius 2 is 2.16 bits per heavy atom. The zero-order valence-corrected chi connectivity index (χ0v) is 13.0. The minimum absolute atomic E-state index is 0.154. The Kier molecular flexibility index (Phi) is 4.32. The van der Waals surface area contributed by atoms with Gasteiger partial charge < -0.3 is 9.88 Å². The molecule has 0 unspecified atom stereocenters. The summed E-state index contributed by atoms with van der Waals surface area (Å²) in [4.78, 5) is 12.2. The molecule has 0 atom stereocenters. The van der Waals surface area contributed by atoms with Crippen molar-refractivity contribution < 1.29 is 4.79 Å². The van der Waals surface area contributed by atoms with Crippen molar-refractivity contribution in [1.82, 2.24) is 4.57 Å². The lowest BCUT2D eigenvalue weighted by molar-refractivity contribution is 0.101. The number of amides is 1. The summed E-state index contributed by atoms with van der Waals surface area (Å²) in [6.07, 6.45) is 1.75. The van der Waals surface area contributed by atoms with Gasteiger partial charge in [-0.1, -0.05) is 27.5 Å². The van der Waals surface area contributed by atoms with Crippen LogP contribution in [-0.4, -0.2) is 10.5 Å². The van der Waals surface area contributed by atoms with Crippen molar-refractivity contribution in [3.05, 3.63) is 51.2 Å². The van der Waals surface area contributed by atoms with E-state index in [1.54, 1.807) is 12.3 Å². The van der Waals surface area contributed by atoms with Gasteiger partial charge in [-0.05, 0) is 43.7 Å². The van der Waals surface area contributed by atoms with E-state index in [2.05, 4.69) is 21.2 Å². The smallest absolute Gasteiger partial charge is 0.272 e. The summed E-state index contributed by atoms with van der Waals surface area (Å²) < 4.78 is 2.81. The summed E-state index contributed by atoms with van der Waals surface area (Å²) in [7, 11) is 0. The van der Waals surface area contributed by atoms with E-state index in [1.165, 1.54) is 0 Å². The molecule has 3 nitrogen and oxygen atoms in total.